The number of fused-ring (bicyclic) bond motifs is 4. The number of nitrogens with zero attached hydrogens (tertiary/aromatic N) is 2. The second kappa shape index (κ2) is 9.02. The zero-order valence-electron chi connectivity index (χ0n) is 21.3. The molecule has 2 saturated heterocycles. The lowest BCUT2D eigenvalue weighted by molar-refractivity contribution is -0.136. The van der Waals surface area contributed by atoms with Crippen LogP contribution in [0.4, 0.5) is 14.9 Å². The minimum absolute atomic E-state index is 0.0182. The third-order valence-corrected chi connectivity index (χ3v) is 10.1. The molecule has 6 unspecified atom stereocenters. The van der Waals surface area contributed by atoms with Crippen LogP contribution < -0.4 is 15.4 Å². The van der Waals surface area contributed by atoms with Crippen molar-refractivity contribution in [3.8, 4) is 11.5 Å². The Morgan fingerprint density at radius 2 is 1.73 bits per heavy atom. The highest BCUT2D eigenvalue weighted by atomic mass is 35.5. The van der Waals surface area contributed by atoms with Gasteiger partial charge in [0.15, 0.2) is 9.75 Å². The number of hydrogen-bond donors (Lipinski definition) is 2. The van der Waals surface area contributed by atoms with Crippen molar-refractivity contribution in [1.29, 1.82) is 0 Å². The number of imide groups is 4. The van der Waals surface area contributed by atoms with E-state index in [1.165, 1.54) is 37.4 Å². The Morgan fingerprint density at radius 1 is 1.05 bits per heavy atom. The molecule has 10 nitrogen and oxygen atoms in total. The van der Waals surface area contributed by atoms with Crippen molar-refractivity contribution in [2.45, 2.75) is 28.5 Å². The number of carbonyl (C=O) groups excluding carboxylic acids is 5. The van der Waals surface area contributed by atoms with Crippen molar-refractivity contribution in [1.82, 2.24) is 4.90 Å². The Morgan fingerprint density at radius 3 is 2.34 bits per heavy atom. The van der Waals surface area contributed by atoms with E-state index in [4.69, 9.17) is 33.7 Å². The summed E-state index contributed by atoms with van der Waals surface area (Å²) in [6.45, 7) is 0. The highest BCUT2D eigenvalue weighted by Gasteiger charge is 2.77. The first-order chi connectivity index (χ1) is 19.4. The molecule has 6 rings (SSSR count). The lowest BCUT2D eigenvalue weighted by Crippen LogP contribution is -2.60. The molecule has 13 heteroatoms. The van der Waals surface area contributed by atoms with Gasteiger partial charge in [0, 0.05) is 17.5 Å². The van der Waals surface area contributed by atoms with Gasteiger partial charge in [0.1, 0.15) is 17.3 Å². The molecule has 0 radical (unpaired) electrons. The van der Waals surface area contributed by atoms with Crippen LogP contribution >= 0.6 is 23.2 Å². The molecule has 2 aliphatic heterocycles. The van der Waals surface area contributed by atoms with E-state index in [0.29, 0.717) is 16.2 Å². The number of allylic oxidation sites excluding steroid dienone is 2. The van der Waals surface area contributed by atoms with Gasteiger partial charge in [-0.25, -0.2) is 14.1 Å². The highest BCUT2D eigenvalue weighted by molar-refractivity contribution is 6.58. The number of hydrogen-bond acceptors (Lipinski definition) is 7. The van der Waals surface area contributed by atoms with Crippen molar-refractivity contribution in [3.05, 3.63) is 65.5 Å². The van der Waals surface area contributed by atoms with Gasteiger partial charge in [-0.3, -0.25) is 19.2 Å². The number of carbonyl (C=O) groups is 5. The first-order valence-corrected chi connectivity index (χ1v) is 13.4. The highest BCUT2D eigenvalue weighted by Crippen LogP contribution is 2.66. The molecule has 1 saturated carbocycles. The second-order valence-electron chi connectivity index (χ2n) is 10.5. The summed E-state index contributed by atoms with van der Waals surface area (Å²) in [4.78, 5) is 63.5. The second-order valence-corrected chi connectivity index (χ2v) is 11.8. The number of phenols is 1. The number of urea groups is 1. The van der Waals surface area contributed by atoms with Gasteiger partial charge >= 0.3 is 6.03 Å². The standard InChI is InChI=1S/C28H22Cl2FN3O7/c1-41-14-6-7-16(19(35)10-14)21-15-8-9-17-20(23(37)34(22(17)36)26(32)40)18(15)11-27(29)24(38)33(25(39)28(21,27)30)13-4-2-12(31)3-5-13/h2-8,10,17-18,20-21,35H,9,11H2,1H3,(H2,32,40). The average molecular weight is 602 g/mol. The number of aromatic hydroxyl groups is 1. The number of rotatable bonds is 3. The topological polar surface area (TPSA) is 147 Å². The summed E-state index contributed by atoms with van der Waals surface area (Å²) in [6.07, 6.45) is 1.32. The predicted octanol–water partition coefficient (Wildman–Crippen LogP) is 3.18. The van der Waals surface area contributed by atoms with Crippen LogP contribution in [0, 0.1) is 23.6 Å². The number of methoxy groups -OCH3 is 1. The molecule has 0 spiro atoms. The quantitative estimate of drug-likeness (QED) is 0.312. The first-order valence-electron chi connectivity index (χ1n) is 12.6. The van der Waals surface area contributed by atoms with Crippen molar-refractivity contribution in [2.75, 3.05) is 12.0 Å². The van der Waals surface area contributed by atoms with E-state index in [9.17, 15) is 33.5 Å². The van der Waals surface area contributed by atoms with E-state index in [1.807, 2.05) is 0 Å². The van der Waals surface area contributed by atoms with Gasteiger partial charge in [0.2, 0.25) is 11.8 Å². The molecule has 4 aliphatic rings. The minimum Gasteiger partial charge on any atom is -0.508 e. The molecular formula is C28H22Cl2FN3O7. The lowest BCUT2D eigenvalue weighted by Gasteiger charge is -2.50. The summed E-state index contributed by atoms with van der Waals surface area (Å²) < 4.78 is 18.9. The number of amides is 6. The number of ether oxygens (including phenoxy) is 1. The van der Waals surface area contributed by atoms with Gasteiger partial charge in [-0.05, 0) is 49.1 Å². The summed E-state index contributed by atoms with van der Waals surface area (Å²) in [6, 6.07) is 7.69. The van der Waals surface area contributed by atoms with Gasteiger partial charge in [-0.2, -0.15) is 4.90 Å². The summed E-state index contributed by atoms with van der Waals surface area (Å²) >= 11 is 14.4. The van der Waals surface area contributed by atoms with Gasteiger partial charge < -0.3 is 15.6 Å². The van der Waals surface area contributed by atoms with Gasteiger partial charge in [-0.1, -0.05) is 17.7 Å². The first kappa shape index (κ1) is 27.2. The summed E-state index contributed by atoms with van der Waals surface area (Å²) in [5.74, 6) is -8.26. The number of primary amides is 1. The number of anilines is 1. The average Bonchev–Trinajstić information content (AvgIpc) is 3.28. The van der Waals surface area contributed by atoms with Gasteiger partial charge in [0.25, 0.3) is 11.8 Å². The maximum absolute atomic E-state index is 14.2. The zero-order valence-corrected chi connectivity index (χ0v) is 22.9. The van der Waals surface area contributed by atoms with Crippen molar-refractivity contribution < 1.29 is 38.2 Å². The molecule has 41 heavy (non-hydrogen) atoms. The number of nitrogens with two attached hydrogens (primary N) is 1. The van der Waals surface area contributed by atoms with Crippen molar-refractivity contribution in [2.24, 2.45) is 23.5 Å². The van der Waals surface area contributed by atoms with E-state index >= 15 is 0 Å². The molecule has 212 valence electrons. The van der Waals surface area contributed by atoms with Crippen LogP contribution in [0.15, 0.2) is 54.1 Å². The van der Waals surface area contributed by atoms with Crippen LogP contribution in [0.25, 0.3) is 0 Å². The predicted molar refractivity (Wildman–Crippen MR) is 143 cm³/mol. The SMILES string of the molecule is COc1ccc(C2C3=CCC4C(=O)N(C(N)=O)C(=O)C4C3CC3(Cl)C(=O)N(c4ccc(F)cc4)C(=O)C23Cl)c(O)c1. The molecule has 2 heterocycles. The fourth-order valence-electron chi connectivity index (χ4n) is 6.86. The van der Waals surface area contributed by atoms with Gasteiger partial charge in [-0.15, -0.1) is 23.2 Å². The minimum atomic E-state index is -2.21. The monoisotopic (exact) mass is 601 g/mol. The van der Waals surface area contributed by atoms with Crippen LogP contribution in [0.1, 0.15) is 24.3 Å². The normalized spacial score (nSPS) is 32.4. The summed E-state index contributed by atoms with van der Waals surface area (Å²) in [7, 11) is 1.40. The Kier molecular flexibility index (Phi) is 5.99. The lowest BCUT2D eigenvalue weighted by atomic mass is 9.56. The molecule has 3 fully saturated rings. The van der Waals surface area contributed by atoms with E-state index in [-0.39, 0.29) is 29.8 Å². The molecule has 2 aliphatic carbocycles. The molecule has 2 aromatic carbocycles. The van der Waals surface area contributed by atoms with Gasteiger partial charge in [0.05, 0.1) is 24.6 Å². The molecular weight excluding hydrogens is 580 g/mol. The van der Waals surface area contributed by atoms with E-state index in [0.717, 1.165) is 17.0 Å². The van der Waals surface area contributed by atoms with Crippen LogP contribution in [-0.4, -0.2) is 56.5 Å². The largest absolute Gasteiger partial charge is 0.508 e. The maximum Gasteiger partial charge on any atom is 0.328 e. The van der Waals surface area contributed by atoms with Crippen molar-refractivity contribution >= 4 is 58.5 Å². The Balaban J connectivity index is 1.57. The van der Waals surface area contributed by atoms with E-state index in [1.54, 1.807) is 6.08 Å². The Hall–Kier alpha value is -3.96. The molecule has 6 atom stereocenters. The fraction of sp³-hybridized carbons (Fsp3) is 0.321. The number of benzene rings is 2. The smallest absolute Gasteiger partial charge is 0.328 e. The Labute approximate surface area is 242 Å². The Bertz CT molecular complexity index is 1600. The van der Waals surface area contributed by atoms with Crippen LogP contribution in [0.5, 0.6) is 11.5 Å². The van der Waals surface area contributed by atoms with Crippen LogP contribution in [-0.2, 0) is 19.2 Å². The zero-order chi connectivity index (χ0) is 29.6. The number of likely N-dealkylation sites (tertiary alicyclic amines) is 1. The van der Waals surface area contributed by atoms with Crippen LogP contribution in [0.3, 0.4) is 0 Å². The number of halogens is 3. The van der Waals surface area contributed by atoms with Crippen LogP contribution in [0.2, 0.25) is 0 Å². The van der Waals surface area contributed by atoms with E-state index in [2.05, 4.69) is 0 Å². The molecule has 6 amide bonds. The van der Waals surface area contributed by atoms with E-state index < -0.39 is 68.9 Å². The molecule has 0 aromatic heterocycles. The fourth-order valence-corrected chi connectivity index (χ4v) is 7.78. The molecule has 0 bridgehead atoms. The number of phenolic OH excluding ortho intramolecular Hbond substituents is 1. The van der Waals surface area contributed by atoms with Crippen molar-refractivity contribution in [3.63, 3.8) is 0 Å². The molecule has 3 N–H and O–H groups in total. The summed E-state index contributed by atoms with van der Waals surface area (Å²) in [5.41, 5.74) is 5.90. The third kappa shape index (κ3) is 3.45. The maximum atomic E-state index is 14.2. The molecule has 2 aromatic rings. The number of alkyl halides is 2. The third-order valence-electron chi connectivity index (χ3n) is 8.66. The summed E-state index contributed by atoms with van der Waals surface area (Å²) in [5, 5.41) is 11.1.